The number of rotatable bonds is 5. The Kier molecular flexibility index (Phi) is 4.83. The molecule has 0 spiro atoms. The van der Waals surface area contributed by atoms with E-state index in [2.05, 4.69) is 73.6 Å². The van der Waals surface area contributed by atoms with Crippen molar-refractivity contribution in [3.05, 3.63) is 52.2 Å². The number of hydrogen-bond acceptors (Lipinski definition) is 4. The Balaban J connectivity index is 1.92. The largest absolute Gasteiger partial charge is 0.363 e. The van der Waals surface area contributed by atoms with Crippen molar-refractivity contribution in [2.45, 2.75) is 26.8 Å². The summed E-state index contributed by atoms with van der Waals surface area (Å²) in [5, 5.41) is 4.77. The molecule has 2 N–H and O–H groups in total. The molecule has 0 saturated carbocycles. The van der Waals surface area contributed by atoms with Crippen molar-refractivity contribution in [1.29, 1.82) is 0 Å². The Morgan fingerprint density at radius 1 is 1.08 bits per heavy atom. The maximum Gasteiger partial charge on any atom is 0.139 e. The topological polar surface area (TPSA) is 42.2 Å². The fourth-order valence-electron chi connectivity index (χ4n) is 3.02. The van der Waals surface area contributed by atoms with E-state index in [4.69, 9.17) is 0 Å². The molecule has 0 saturated heterocycles. The minimum Gasteiger partial charge on any atom is -0.363 e. The maximum absolute atomic E-state index is 4.68. The molecule has 1 aromatic carbocycles. The van der Waals surface area contributed by atoms with Gasteiger partial charge in [0.2, 0.25) is 0 Å². The minimum atomic E-state index is 0.372. The summed E-state index contributed by atoms with van der Waals surface area (Å²) in [7, 11) is 4.39. The van der Waals surface area contributed by atoms with Crippen LogP contribution in [0.4, 0.5) is 5.82 Å². The number of fused-ring (bicyclic) bond motifs is 1. The summed E-state index contributed by atoms with van der Waals surface area (Å²) >= 11 is 1.75. The summed E-state index contributed by atoms with van der Waals surface area (Å²) in [5.74, 6) is 1.78. The molecule has 0 bridgehead atoms. The van der Waals surface area contributed by atoms with Crippen LogP contribution in [0.3, 0.4) is 0 Å². The van der Waals surface area contributed by atoms with E-state index in [0.717, 1.165) is 23.0 Å². The van der Waals surface area contributed by atoms with Crippen molar-refractivity contribution in [2.75, 3.05) is 26.0 Å². The van der Waals surface area contributed by atoms with E-state index < -0.39 is 0 Å². The van der Waals surface area contributed by atoms with Gasteiger partial charge in [0, 0.05) is 10.4 Å². The van der Waals surface area contributed by atoms with Crippen LogP contribution in [0.2, 0.25) is 0 Å². The van der Waals surface area contributed by atoms with Crippen LogP contribution in [-0.2, 0) is 0 Å². The third-order valence-electron chi connectivity index (χ3n) is 4.51. The molecule has 0 radical (unpaired) electrons. The molecule has 3 rings (SSSR count). The molecule has 1 atom stereocenters. The minimum absolute atomic E-state index is 0.372. The molecule has 0 aliphatic rings. The Bertz CT molecular complexity index is 839. The molecular weight excluding hydrogens is 316 g/mol. The number of aryl methyl sites for hydroxylation is 3. The van der Waals surface area contributed by atoms with Gasteiger partial charge >= 0.3 is 0 Å². The smallest absolute Gasteiger partial charge is 0.139 e. The van der Waals surface area contributed by atoms with E-state index >= 15 is 0 Å². The SMILES string of the molecule is Cc1nc(NC[C@H](c2ccccc2)[NH+](C)C)c2c(C)c(C)sc2n1. The van der Waals surface area contributed by atoms with Gasteiger partial charge in [0.05, 0.1) is 26.0 Å². The zero-order valence-electron chi connectivity index (χ0n) is 15.0. The first-order chi connectivity index (χ1) is 11.5. The second-order valence-corrected chi connectivity index (χ2v) is 7.71. The molecule has 0 unspecified atom stereocenters. The normalized spacial score (nSPS) is 12.8. The first-order valence-corrected chi connectivity index (χ1v) is 9.12. The van der Waals surface area contributed by atoms with Crippen molar-refractivity contribution in [2.24, 2.45) is 0 Å². The van der Waals surface area contributed by atoms with Crippen LogP contribution < -0.4 is 10.2 Å². The summed E-state index contributed by atoms with van der Waals surface area (Å²) in [4.78, 5) is 13.1. The lowest BCUT2D eigenvalue weighted by Crippen LogP contribution is -3.06. The molecule has 126 valence electrons. The summed E-state index contributed by atoms with van der Waals surface area (Å²) in [6, 6.07) is 11.0. The predicted molar refractivity (Wildman–Crippen MR) is 102 cm³/mol. The van der Waals surface area contributed by atoms with Gasteiger partial charge in [0.25, 0.3) is 0 Å². The monoisotopic (exact) mass is 341 g/mol. The van der Waals surface area contributed by atoms with Crippen molar-refractivity contribution < 1.29 is 4.90 Å². The molecule has 5 heteroatoms. The molecule has 24 heavy (non-hydrogen) atoms. The van der Waals surface area contributed by atoms with E-state index in [1.165, 1.54) is 26.3 Å². The number of thiophene rings is 1. The van der Waals surface area contributed by atoms with Crippen LogP contribution in [0.1, 0.15) is 27.9 Å². The molecule has 0 aliphatic carbocycles. The highest BCUT2D eigenvalue weighted by Crippen LogP contribution is 2.33. The van der Waals surface area contributed by atoms with Crippen molar-refractivity contribution in [3.63, 3.8) is 0 Å². The van der Waals surface area contributed by atoms with Gasteiger partial charge < -0.3 is 10.2 Å². The first kappa shape index (κ1) is 16.9. The lowest BCUT2D eigenvalue weighted by Gasteiger charge is -2.22. The van der Waals surface area contributed by atoms with E-state index in [0.29, 0.717) is 6.04 Å². The van der Waals surface area contributed by atoms with Crippen LogP contribution in [0.5, 0.6) is 0 Å². The third-order valence-corrected chi connectivity index (χ3v) is 5.61. The number of nitrogens with zero attached hydrogens (tertiary/aromatic N) is 2. The standard InChI is InChI=1S/C19H24N4S/c1-12-13(2)24-19-17(12)18(21-14(3)22-19)20-11-16(23(4)5)15-9-7-6-8-10-15/h6-10,16H,11H2,1-5H3,(H,20,21,22)/p+1/t16-/m1/s1. The zero-order valence-corrected chi connectivity index (χ0v) is 15.8. The van der Waals surface area contributed by atoms with Gasteiger partial charge in [-0.2, -0.15) is 0 Å². The number of benzene rings is 1. The highest BCUT2D eigenvalue weighted by Gasteiger charge is 2.19. The van der Waals surface area contributed by atoms with Crippen molar-refractivity contribution in [1.82, 2.24) is 9.97 Å². The van der Waals surface area contributed by atoms with Gasteiger partial charge in [0.15, 0.2) is 0 Å². The summed E-state index contributed by atoms with van der Waals surface area (Å²) < 4.78 is 0. The Morgan fingerprint density at radius 2 is 1.79 bits per heavy atom. The molecule has 2 aromatic heterocycles. The summed E-state index contributed by atoms with van der Waals surface area (Å²) in [6.45, 7) is 7.11. The third kappa shape index (κ3) is 3.28. The number of quaternary nitrogens is 1. The number of nitrogens with one attached hydrogen (secondary N) is 2. The van der Waals surface area contributed by atoms with Gasteiger partial charge in [-0.3, -0.25) is 0 Å². The average molecular weight is 342 g/mol. The molecule has 4 nitrogen and oxygen atoms in total. The lowest BCUT2D eigenvalue weighted by molar-refractivity contribution is -0.890. The van der Waals surface area contributed by atoms with Crippen molar-refractivity contribution in [3.8, 4) is 0 Å². The van der Waals surface area contributed by atoms with Gasteiger partial charge in [-0.1, -0.05) is 30.3 Å². The summed E-state index contributed by atoms with van der Waals surface area (Å²) in [6.07, 6.45) is 0. The fraction of sp³-hybridized carbons (Fsp3) is 0.368. The second kappa shape index (κ2) is 6.87. The lowest BCUT2D eigenvalue weighted by atomic mass is 10.1. The van der Waals surface area contributed by atoms with Gasteiger partial charge in [-0.05, 0) is 26.3 Å². The van der Waals surface area contributed by atoms with Gasteiger partial charge in [-0.25, -0.2) is 9.97 Å². The number of likely N-dealkylation sites (N-methyl/N-ethyl adjacent to an activating group) is 1. The molecule has 0 fully saturated rings. The van der Waals surface area contributed by atoms with Crippen LogP contribution in [-0.4, -0.2) is 30.6 Å². The molecule has 2 heterocycles. The molecular formula is C19H25N4S+. The highest BCUT2D eigenvalue weighted by atomic mass is 32.1. The van der Waals surface area contributed by atoms with Crippen LogP contribution in [0.15, 0.2) is 30.3 Å². The van der Waals surface area contributed by atoms with Crippen molar-refractivity contribution >= 4 is 27.4 Å². The number of aromatic nitrogens is 2. The fourth-order valence-corrected chi connectivity index (χ4v) is 4.10. The quantitative estimate of drug-likeness (QED) is 0.750. The number of anilines is 1. The molecule has 0 amide bonds. The van der Waals surface area contributed by atoms with E-state index in [-0.39, 0.29) is 0 Å². The van der Waals surface area contributed by atoms with Crippen LogP contribution in [0, 0.1) is 20.8 Å². The maximum atomic E-state index is 4.68. The van der Waals surface area contributed by atoms with E-state index in [1.54, 1.807) is 11.3 Å². The van der Waals surface area contributed by atoms with Crippen LogP contribution >= 0.6 is 11.3 Å². The van der Waals surface area contributed by atoms with Crippen LogP contribution in [0.25, 0.3) is 10.2 Å². The zero-order chi connectivity index (χ0) is 17.3. The van der Waals surface area contributed by atoms with Gasteiger partial charge in [0.1, 0.15) is 22.5 Å². The summed E-state index contributed by atoms with van der Waals surface area (Å²) in [5.41, 5.74) is 2.62. The Hall–Kier alpha value is -1.98. The molecule has 0 aliphatic heterocycles. The Morgan fingerprint density at radius 3 is 2.46 bits per heavy atom. The molecule has 3 aromatic rings. The van der Waals surface area contributed by atoms with E-state index in [1.807, 2.05) is 6.92 Å². The second-order valence-electron chi connectivity index (χ2n) is 6.50. The highest BCUT2D eigenvalue weighted by molar-refractivity contribution is 7.18. The average Bonchev–Trinajstić information content (AvgIpc) is 2.82. The van der Waals surface area contributed by atoms with E-state index in [9.17, 15) is 0 Å². The van der Waals surface area contributed by atoms with Gasteiger partial charge in [-0.15, -0.1) is 11.3 Å². The predicted octanol–water partition coefficient (Wildman–Crippen LogP) is 2.91. The Labute approximate surface area is 147 Å². The first-order valence-electron chi connectivity index (χ1n) is 8.30. The number of hydrogen-bond donors (Lipinski definition) is 2.